The van der Waals surface area contributed by atoms with Crippen LogP contribution in [0.15, 0.2) is 66.2 Å². The van der Waals surface area contributed by atoms with E-state index in [-0.39, 0.29) is 16.5 Å². The molecule has 2 heterocycles. The number of carbonyl (C=O) groups is 2. The highest BCUT2D eigenvalue weighted by Gasteiger charge is 2.48. The second-order valence-electron chi connectivity index (χ2n) is 10.3. The van der Waals surface area contributed by atoms with Crippen molar-refractivity contribution in [3.8, 4) is 17.2 Å². The number of nitrogens with zero attached hydrogens (tertiary/aromatic N) is 2. The molecule has 3 aromatic carbocycles. The van der Waals surface area contributed by atoms with Crippen LogP contribution in [0.2, 0.25) is 0 Å². The van der Waals surface area contributed by atoms with Gasteiger partial charge < -0.3 is 19.3 Å². The predicted octanol–water partition coefficient (Wildman–Crippen LogP) is 7.82. The summed E-state index contributed by atoms with van der Waals surface area (Å²) in [6.45, 7) is 7.41. The van der Waals surface area contributed by atoms with Crippen molar-refractivity contribution in [1.29, 1.82) is 0 Å². The zero-order chi connectivity index (χ0) is 31.2. The Kier molecular flexibility index (Phi) is 9.79. The Morgan fingerprint density at radius 1 is 0.909 bits per heavy atom. The van der Waals surface area contributed by atoms with E-state index in [0.717, 1.165) is 37.0 Å². The van der Waals surface area contributed by atoms with Gasteiger partial charge in [-0.25, -0.2) is 9.37 Å². The van der Waals surface area contributed by atoms with Crippen LogP contribution in [-0.2, 0) is 9.59 Å². The number of fused-ring (bicyclic) bond motifs is 1. The van der Waals surface area contributed by atoms with Gasteiger partial charge in [-0.15, -0.1) is 0 Å². The van der Waals surface area contributed by atoms with Gasteiger partial charge in [-0.3, -0.25) is 14.5 Å². The number of amides is 1. The molecule has 4 aromatic rings. The molecule has 5 rings (SSSR count). The minimum absolute atomic E-state index is 0.0956. The van der Waals surface area contributed by atoms with E-state index in [0.29, 0.717) is 58.4 Å². The Bertz CT molecular complexity index is 1680. The van der Waals surface area contributed by atoms with E-state index in [4.69, 9.17) is 14.2 Å². The van der Waals surface area contributed by atoms with Crippen molar-refractivity contribution in [3.05, 3.63) is 83.2 Å². The van der Waals surface area contributed by atoms with Crippen molar-refractivity contribution in [2.75, 3.05) is 24.7 Å². The molecule has 1 fully saturated rings. The quantitative estimate of drug-likeness (QED) is 0.0706. The summed E-state index contributed by atoms with van der Waals surface area (Å²) in [5, 5.41) is 11.8. The third kappa shape index (κ3) is 6.40. The smallest absolute Gasteiger partial charge is 0.301 e. The van der Waals surface area contributed by atoms with Gasteiger partial charge in [0.2, 0.25) is 0 Å². The summed E-state index contributed by atoms with van der Waals surface area (Å²) in [6, 6.07) is 15.0. The SMILES string of the molecule is CCCCCOc1ccc(C2/C(=C(\O)c3ccc(OCCC)cc3)C(=O)C(=O)N2c2nc3ccc(F)cc3s2)cc1OCC. The lowest BCUT2D eigenvalue weighted by Crippen LogP contribution is -2.29. The van der Waals surface area contributed by atoms with Crippen LogP contribution < -0.4 is 19.1 Å². The van der Waals surface area contributed by atoms with Crippen molar-refractivity contribution in [2.24, 2.45) is 0 Å². The van der Waals surface area contributed by atoms with Crippen LogP contribution in [0.3, 0.4) is 0 Å². The third-order valence-electron chi connectivity index (χ3n) is 7.18. The fraction of sp³-hybridized carbons (Fsp3) is 0.324. The Morgan fingerprint density at radius 2 is 1.70 bits per heavy atom. The molecule has 0 spiro atoms. The minimum atomic E-state index is -1.04. The van der Waals surface area contributed by atoms with Crippen molar-refractivity contribution in [1.82, 2.24) is 4.98 Å². The fourth-order valence-corrected chi connectivity index (χ4v) is 6.05. The first kappa shape index (κ1) is 31.0. The Morgan fingerprint density at radius 3 is 2.43 bits per heavy atom. The van der Waals surface area contributed by atoms with Gasteiger partial charge in [0.05, 0.1) is 41.7 Å². The van der Waals surface area contributed by atoms with Gasteiger partial charge >= 0.3 is 5.91 Å². The zero-order valence-corrected chi connectivity index (χ0v) is 25.8. The number of aliphatic hydroxyl groups is 1. The molecule has 1 atom stereocenters. The largest absolute Gasteiger partial charge is 0.507 e. The second kappa shape index (κ2) is 13.9. The van der Waals surface area contributed by atoms with Crippen LogP contribution in [0, 0.1) is 5.82 Å². The molecule has 1 aliphatic rings. The number of carbonyl (C=O) groups excluding carboxylic acids is 2. The number of ketones is 1. The van der Waals surface area contributed by atoms with Gasteiger partial charge in [0.25, 0.3) is 5.78 Å². The molecular formula is C34H35FN2O6S. The monoisotopic (exact) mass is 618 g/mol. The van der Waals surface area contributed by atoms with E-state index >= 15 is 0 Å². The van der Waals surface area contributed by atoms with Crippen LogP contribution in [-0.4, -0.2) is 41.6 Å². The van der Waals surface area contributed by atoms with E-state index in [2.05, 4.69) is 11.9 Å². The van der Waals surface area contributed by atoms with Crippen molar-refractivity contribution in [3.63, 3.8) is 0 Å². The molecule has 0 radical (unpaired) electrons. The average molecular weight is 619 g/mol. The van der Waals surface area contributed by atoms with Crippen LogP contribution in [0.4, 0.5) is 9.52 Å². The highest BCUT2D eigenvalue weighted by Crippen LogP contribution is 2.46. The fourth-order valence-electron chi connectivity index (χ4n) is 5.04. The highest BCUT2D eigenvalue weighted by molar-refractivity contribution is 7.22. The topological polar surface area (TPSA) is 98.2 Å². The Labute approximate surface area is 259 Å². The molecule has 230 valence electrons. The number of rotatable bonds is 13. The molecule has 0 aliphatic carbocycles. The molecule has 1 N–H and O–H groups in total. The van der Waals surface area contributed by atoms with Gasteiger partial charge in [-0.05, 0) is 79.9 Å². The van der Waals surface area contributed by atoms with Gasteiger partial charge in [0, 0.05) is 5.56 Å². The molecule has 1 amide bonds. The van der Waals surface area contributed by atoms with Crippen LogP contribution in [0.25, 0.3) is 16.0 Å². The lowest BCUT2D eigenvalue weighted by molar-refractivity contribution is -0.132. The lowest BCUT2D eigenvalue weighted by atomic mass is 9.95. The van der Waals surface area contributed by atoms with Gasteiger partial charge in [-0.2, -0.15) is 0 Å². The number of halogens is 1. The number of ether oxygens (including phenoxy) is 3. The first-order valence-corrected chi connectivity index (χ1v) is 15.7. The molecule has 8 nitrogen and oxygen atoms in total. The third-order valence-corrected chi connectivity index (χ3v) is 8.20. The number of thiazole rings is 1. The number of benzene rings is 3. The number of hydrogen-bond acceptors (Lipinski definition) is 8. The highest BCUT2D eigenvalue weighted by atomic mass is 32.1. The van der Waals surface area contributed by atoms with E-state index in [1.54, 1.807) is 42.5 Å². The predicted molar refractivity (Wildman–Crippen MR) is 169 cm³/mol. The number of unbranched alkanes of at least 4 members (excludes halogenated alkanes) is 2. The maximum Gasteiger partial charge on any atom is 0.301 e. The molecule has 1 unspecified atom stereocenters. The van der Waals surface area contributed by atoms with Crippen molar-refractivity contribution >= 4 is 44.1 Å². The maximum absolute atomic E-state index is 14.0. The van der Waals surface area contributed by atoms with E-state index in [1.807, 2.05) is 13.8 Å². The van der Waals surface area contributed by atoms with Crippen LogP contribution >= 0.6 is 11.3 Å². The molecule has 1 saturated heterocycles. The van der Waals surface area contributed by atoms with Gasteiger partial charge in [0.15, 0.2) is 16.6 Å². The normalized spacial score (nSPS) is 16.1. The number of hydrogen-bond donors (Lipinski definition) is 1. The first-order chi connectivity index (χ1) is 21.4. The summed E-state index contributed by atoms with van der Waals surface area (Å²) in [5.74, 6) is -0.856. The molecule has 1 aromatic heterocycles. The molecule has 0 saturated carbocycles. The molecule has 0 bridgehead atoms. The first-order valence-electron chi connectivity index (χ1n) is 14.9. The number of aromatic nitrogens is 1. The number of Topliss-reactive ketones (excluding diaryl/α,β-unsaturated/α-hetero) is 1. The van der Waals surface area contributed by atoms with E-state index < -0.39 is 23.5 Å². The lowest BCUT2D eigenvalue weighted by Gasteiger charge is -2.24. The van der Waals surface area contributed by atoms with E-state index in [9.17, 15) is 19.1 Å². The maximum atomic E-state index is 14.0. The second-order valence-corrected chi connectivity index (χ2v) is 11.4. The Hall–Kier alpha value is -4.44. The Balaban J connectivity index is 1.63. The molecule has 10 heteroatoms. The van der Waals surface area contributed by atoms with Gasteiger partial charge in [-0.1, -0.05) is 44.1 Å². The number of anilines is 1. The average Bonchev–Trinajstić information content (AvgIpc) is 3.56. The standard InChI is InChI=1S/C34H35FN2O6S/c1-4-7-8-18-43-26-16-11-22(19-27(26)41-6-3)30-29(31(38)21-9-13-24(14-10-21)42-17-5-2)32(39)33(40)37(30)34-36-25-15-12-23(35)20-28(25)44-34/h9-16,19-20,30,38H,4-8,17-18H2,1-3H3/b31-29+. The van der Waals surface area contributed by atoms with Crippen LogP contribution in [0.1, 0.15) is 63.6 Å². The molecule has 44 heavy (non-hydrogen) atoms. The zero-order valence-electron chi connectivity index (χ0n) is 25.0. The molecular weight excluding hydrogens is 583 g/mol. The molecule has 1 aliphatic heterocycles. The van der Waals surface area contributed by atoms with E-state index in [1.165, 1.54) is 23.1 Å². The van der Waals surface area contributed by atoms with Crippen LogP contribution in [0.5, 0.6) is 17.2 Å². The summed E-state index contributed by atoms with van der Waals surface area (Å²) in [5.41, 5.74) is 1.26. The van der Waals surface area contributed by atoms with Gasteiger partial charge in [0.1, 0.15) is 17.3 Å². The summed E-state index contributed by atoms with van der Waals surface area (Å²) >= 11 is 1.09. The summed E-state index contributed by atoms with van der Waals surface area (Å²) in [6.07, 6.45) is 3.83. The summed E-state index contributed by atoms with van der Waals surface area (Å²) in [4.78, 5) is 33.2. The minimum Gasteiger partial charge on any atom is -0.507 e. The van der Waals surface area contributed by atoms with Crippen molar-refractivity contribution < 1.29 is 33.3 Å². The number of aliphatic hydroxyl groups excluding tert-OH is 1. The summed E-state index contributed by atoms with van der Waals surface area (Å²) < 4.78 is 32.1. The summed E-state index contributed by atoms with van der Waals surface area (Å²) in [7, 11) is 0. The van der Waals surface area contributed by atoms with Crippen molar-refractivity contribution in [2.45, 2.75) is 52.5 Å².